The molecule has 0 aliphatic carbocycles. The van der Waals surface area contributed by atoms with Gasteiger partial charge in [0, 0.05) is 24.0 Å². The Bertz CT molecular complexity index is 1660. The van der Waals surface area contributed by atoms with E-state index in [2.05, 4.69) is 35.9 Å². The van der Waals surface area contributed by atoms with Gasteiger partial charge in [0.05, 0.1) is 47.1 Å². The lowest BCUT2D eigenvalue weighted by atomic mass is 9.96. The first-order valence-electron chi connectivity index (χ1n) is 11.9. The highest BCUT2D eigenvalue weighted by molar-refractivity contribution is 7.21. The van der Waals surface area contributed by atoms with E-state index in [1.807, 2.05) is 18.2 Å². The number of aromatic amines is 1. The number of benzene rings is 2. The molecule has 1 aliphatic heterocycles. The zero-order chi connectivity index (χ0) is 26.1. The molecule has 0 atom stereocenters. The molecule has 5 aromatic rings. The molecule has 0 spiro atoms. The van der Waals surface area contributed by atoms with Crippen molar-refractivity contribution in [2.45, 2.75) is 0 Å². The van der Waals surface area contributed by atoms with Crippen molar-refractivity contribution in [3.05, 3.63) is 65.4 Å². The van der Waals surface area contributed by atoms with Crippen molar-refractivity contribution >= 4 is 50.1 Å². The second-order valence-electron chi connectivity index (χ2n) is 8.58. The number of carbonyl (C=O) groups is 2. The van der Waals surface area contributed by atoms with Crippen LogP contribution in [0.1, 0.15) is 20.0 Å². The van der Waals surface area contributed by atoms with Crippen LogP contribution in [0.2, 0.25) is 0 Å². The van der Waals surface area contributed by atoms with Gasteiger partial charge >= 0.3 is 0 Å². The molecule has 0 bridgehead atoms. The fourth-order valence-electron chi connectivity index (χ4n) is 4.47. The summed E-state index contributed by atoms with van der Waals surface area (Å²) in [6.45, 7) is 2.69. The highest BCUT2D eigenvalue weighted by atomic mass is 32.1. The Hall–Kier alpha value is -4.55. The van der Waals surface area contributed by atoms with Gasteiger partial charge in [-0.1, -0.05) is 12.1 Å². The standard InChI is InChI=1S/C26H23N7O4S/c1-36-15-5-6-17(18(11-15)16-3-2-4-20-19(16)13-29-30-20)25(34)31-32-26(35)22-12-21-23(38-22)24(28-14-27-21)33-7-9-37-10-8-33/h2-6,11-14H,7-10H2,1H3,(H,29,30)(H,31,34)(H,32,35). The van der Waals surface area contributed by atoms with E-state index < -0.39 is 11.8 Å². The Kier molecular flexibility index (Phi) is 6.32. The van der Waals surface area contributed by atoms with Gasteiger partial charge in [0.1, 0.15) is 17.9 Å². The summed E-state index contributed by atoms with van der Waals surface area (Å²) in [7, 11) is 1.57. The summed E-state index contributed by atoms with van der Waals surface area (Å²) < 4.78 is 11.7. The third-order valence-corrected chi connectivity index (χ3v) is 7.48. The molecule has 1 fully saturated rings. The molecule has 2 aromatic carbocycles. The van der Waals surface area contributed by atoms with Gasteiger partial charge in [0.2, 0.25) is 0 Å². The summed E-state index contributed by atoms with van der Waals surface area (Å²) in [4.78, 5) is 37.5. The van der Waals surface area contributed by atoms with Crippen LogP contribution in [0.25, 0.3) is 32.2 Å². The van der Waals surface area contributed by atoms with Gasteiger partial charge < -0.3 is 14.4 Å². The van der Waals surface area contributed by atoms with Gasteiger partial charge in [0.25, 0.3) is 11.8 Å². The quantitative estimate of drug-likeness (QED) is 0.296. The molecule has 0 radical (unpaired) electrons. The van der Waals surface area contributed by atoms with Crippen molar-refractivity contribution in [2.75, 3.05) is 38.3 Å². The fraction of sp³-hybridized carbons (Fsp3) is 0.192. The summed E-state index contributed by atoms with van der Waals surface area (Å²) in [5, 5.41) is 7.93. The molecule has 192 valence electrons. The van der Waals surface area contributed by atoms with Gasteiger partial charge in [0.15, 0.2) is 0 Å². The number of aromatic nitrogens is 4. The minimum Gasteiger partial charge on any atom is -0.497 e. The van der Waals surface area contributed by atoms with E-state index >= 15 is 0 Å². The number of carbonyl (C=O) groups excluding carboxylic acids is 2. The molecular weight excluding hydrogens is 506 g/mol. The van der Waals surface area contributed by atoms with Crippen molar-refractivity contribution in [3.63, 3.8) is 0 Å². The van der Waals surface area contributed by atoms with Crippen LogP contribution in [-0.4, -0.2) is 65.4 Å². The smallest absolute Gasteiger partial charge is 0.279 e. The van der Waals surface area contributed by atoms with Crippen LogP contribution in [0.3, 0.4) is 0 Å². The van der Waals surface area contributed by atoms with Gasteiger partial charge in [-0.15, -0.1) is 11.3 Å². The van der Waals surface area contributed by atoms with Crippen molar-refractivity contribution in [3.8, 4) is 16.9 Å². The number of amides is 2. The molecule has 0 unspecified atom stereocenters. The van der Waals surface area contributed by atoms with Crippen LogP contribution in [0.4, 0.5) is 5.82 Å². The van der Waals surface area contributed by atoms with E-state index in [1.165, 1.54) is 17.7 Å². The van der Waals surface area contributed by atoms with E-state index in [1.54, 1.807) is 37.6 Å². The molecule has 6 rings (SSSR count). The number of thiophene rings is 1. The van der Waals surface area contributed by atoms with Crippen molar-refractivity contribution in [2.24, 2.45) is 0 Å². The van der Waals surface area contributed by atoms with E-state index in [-0.39, 0.29) is 0 Å². The Morgan fingerprint density at radius 2 is 1.89 bits per heavy atom. The lowest BCUT2D eigenvalue weighted by Crippen LogP contribution is -2.41. The Morgan fingerprint density at radius 1 is 1.05 bits per heavy atom. The topological polar surface area (TPSA) is 134 Å². The number of ether oxygens (including phenoxy) is 2. The first-order valence-corrected chi connectivity index (χ1v) is 12.7. The predicted octanol–water partition coefficient (Wildman–Crippen LogP) is 3.15. The van der Waals surface area contributed by atoms with Crippen LogP contribution < -0.4 is 20.5 Å². The number of fused-ring (bicyclic) bond motifs is 2. The van der Waals surface area contributed by atoms with Crippen molar-refractivity contribution in [1.82, 2.24) is 31.0 Å². The summed E-state index contributed by atoms with van der Waals surface area (Å²) in [6, 6.07) is 12.6. The van der Waals surface area contributed by atoms with Crippen molar-refractivity contribution < 1.29 is 19.1 Å². The maximum atomic E-state index is 13.3. The molecular formula is C26H23N7O4S. The average molecular weight is 530 g/mol. The molecule has 1 aliphatic rings. The SMILES string of the molecule is COc1ccc(C(=O)NNC(=O)c2cc3ncnc(N4CCOCC4)c3s2)c(-c2cccc3[nH]ncc23)c1. The number of nitrogens with one attached hydrogen (secondary N) is 3. The minimum atomic E-state index is -0.466. The molecule has 3 aromatic heterocycles. The maximum Gasteiger partial charge on any atom is 0.279 e. The predicted molar refractivity (Wildman–Crippen MR) is 143 cm³/mol. The van der Waals surface area contributed by atoms with Gasteiger partial charge in [-0.05, 0) is 41.5 Å². The van der Waals surface area contributed by atoms with Crippen LogP contribution in [-0.2, 0) is 4.74 Å². The van der Waals surface area contributed by atoms with Gasteiger partial charge in [-0.2, -0.15) is 5.10 Å². The molecule has 12 heteroatoms. The number of methoxy groups -OCH3 is 1. The van der Waals surface area contributed by atoms with E-state index in [0.717, 1.165) is 40.1 Å². The summed E-state index contributed by atoms with van der Waals surface area (Å²) in [5.41, 5.74) is 8.43. The second kappa shape index (κ2) is 10.1. The van der Waals surface area contributed by atoms with Crippen molar-refractivity contribution in [1.29, 1.82) is 0 Å². The van der Waals surface area contributed by atoms with Crippen LogP contribution >= 0.6 is 11.3 Å². The molecule has 4 heterocycles. The normalized spacial score (nSPS) is 13.6. The van der Waals surface area contributed by atoms with E-state index in [4.69, 9.17) is 9.47 Å². The molecule has 2 amide bonds. The first-order chi connectivity index (χ1) is 18.6. The number of anilines is 1. The Labute approximate surface area is 220 Å². The first kappa shape index (κ1) is 23.8. The Balaban J connectivity index is 1.24. The maximum absolute atomic E-state index is 13.3. The third-order valence-electron chi connectivity index (χ3n) is 6.36. The number of H-pyrrole nitrogens is 1. The zero-order valence-corrected chi connectivity index (χ0v) is 21.2. The lowest BCUT2D eigenvalue weighted by Gasteiger charge is -2.27. The average Bonchev–Trinajstić information content (AvgIpc) is 3.63. The largest absolute Gasteiger partial charge is 0.497 e. The van der Waals surface area contributed by atoms with Gasteiger partial charge in [-0.25, -0.2) is 9.97 Å². The van der Waals surface area contributed by atoms with E-state index in [9.17, 15) is 9.59 Å². The minimum absolute atomic E-state index is 0.372. The molecule has 38 heavy (non-hydrogen) atoms. The fourth-order valence-corrected chi connectivity index (χ4v) is 5.49. The Morgan fingerprint density at radius 3 is 2.74 bits per heavy atom. The van der Waals surface area contributed by atoms with E-state index in [0.29, 0.717) is 40.5 Å². The summed E-state index contributed by atoms with van der Waals surface area (Å²) in [6.07, 6.45) is 3.21. The summed E-state index contributed by atoms with van der Waals surface area (Å²) >= 11 is 1.28. The number of hydrogen-bond donors (Lipinski definition) is 3. The van der Waals surface area contributed by atoms with Gasteiger partial charge in [-0.3, -0.25) is 25.5 Å². The zero-order valence-electron chi connectivity index (χ0n) is 20.4. The highest BCUT2D eigenvalue weighted by Crippen LogP contribution is 2.34. The lowest BCUT2D eigenvalue weighted by molar-refractivity contribution is 0.0849. The second-order valence-corrected chi connectivity index (χ2v) is 9.63. The molecule has 11 nitrogen and oxygen atoms in total. The third kappa shape index (κ3) is 4.40. The molecule has 0 saturated carbocycles. The number of hydrazine groups is 1. The summed E-state index contributed by atoms with van der Waals surface area (Å²) in [5.74, 6) is 0.471. The number of nitrogens with zero attached hydrogens (tertiary/aromatic N) is 4. The highest BCUT2D eigenvalue weighted by Gasteiger charge is 2.21. The van der Waals surface area contributed by atoms with Crippen LogP contribution in [0.5, 0.6) is 5.75 Å². The van der Waals surface area contributed by atoms with Crippen LogP contribution in [0, 0.1) is 0 Å². The number of morpholine rings is 1. The number of rotatable bonds is 5. The number of hydrogen-bond acceptors (Lipinski definition) is 9. The monoisotopic (exact) mass is 529 g/mol. The molecule has 1 saturated heterocycles. The van der Waals surface area contributed by atoms with Crippen LogP contribution in [0.15, 0.2) is 55.0 Å². The molecule has 3 N–H and O–H groups in total.